The van der Waals surface area contributed by atoms with Crippen molar-refractivity contribution in [3.63, 3.8) is 0 Å². The van der Waals surface area contributed by atoms with Crippen LogP contribution in [-0.2, 0) is 4.74 Å². The van der Waals surface area contributed by atoms with Crippen LogP contribution >= 0.6 is 0 Å². The van der Waals surface area contributed by atoms with Crippen molar-refractivity contribution in [3.8, 4) is 0 Å². The second kappa shape index (κ2) is 4.64. The first kappa shape index (κ1) is 10.5. The highest BCUT2D eigenvalue weighted by Crippen LogP contribution is 2.19. The van der Waals surface area contributed by atoms with Gasteiger partial charge < -0.3 is 14.7 Å². The number of aliphatic hydroxyl groups is 1. The van der Waals surface area contributed by atoms with Crippen molar-refractivity contribution in [2.24, 2.45) is 0 Å². The van der Waals surface area contributed by atoms with Crippen LogP contribution in [0.15, 0.2) is 24.3 Å². The minimum Gasteiger partial charge on any atom is -0.389 e. The zero-order valence-electron chi connectivity index (χ0n) is 9.02. The number of rotatable bonds is 2. The summed E-state index contributed by atoms with van der Waals surface area (Å²) >= 11 is 0. The molecule has 1 fully saturated rings. The summed E-state index contributed by atoms with van der Waals surface area (Å²) in [4.78, 5) is 2.30. The molecule has 1 atom stereocenters. The number of hydrogen-bond donors (Lipinski definition) is 1. The lowest BCUT2D eigenvalue weighted by atomic mass is 10.1. The minimum atomic E-state index is -0.385. The number of morpholine rings is 1. The molecule has 0 bridgehead atoms. The lowest BCUT2D eigenvalue weighted by Crippen LogP contribution is -2.36. The molecule has 0 amide bonds. The molecule has 1 aliphatic rings. The van der Waals surface area contributed by atoms with Gasteiger partial charge in [-0.15, -0.1) is 0 Å². The summed E-state index contributed by atoms with van der Waals surface area (Å²) in [5.74, 6) is 0. The molecule has 82 valence electrons. The van der Waals surface area contributed by atoms with E-state index in [0.29, 0.717) is 0 Å². The van der Waals surface area contributed by atoms with Gasteiger partial charge in [0.05, 0.1) is 19.3 Å². The van der Waals surface area contributed by atoms with Crippen molar-refractivity contribution < 1.29 is 9.84 Å². The molecule has 0 unspecified atom stereocenters. The van der Waals surface area contributed by atoms with Crippen LogP contribution in [0.25, 0.3) is 0 Å². The molecule has 0 aliphatic carbocycles. The lowest BCUT2D eigenvalue weighted by molar-refractivity contribution is 0.122. The van der Waals surface area contributed by atoms with E-state index in [9.17, 15) is 5.11 Å². The van der Waals surface area contributed by atoms with Gasteiger partial charge in [-0.05, 0) is 24.6 Å². The molecule has 1 aromatic rings. The largest absolute Gasteiger partial charge is 0.389 e. The molecule has 1 aromatic carbocycles. The van der Waals surface area contributed by atoms with Crippen LogP contribution in [0.2, 0.25) is 0 Å². The Kier molecular flexibility index (Phi) is 3.23. The highest BCUT2D eigenvalue weighted by molar-refractivity contribution is 5.48. The van der Waals surface area contributed by atoms with Crippen LogP contribution in [0.1, 0.15) is 18.6 Å². The molecule has 0 saturated carbocycles. The third-order valence-corrected chi connectivity index (χ3v) is 2.75. The predicted octanol–water partition coefficient (Wildman–Crippen LogP) is 1.58. The fourth-order valence-electron chi connectivity index (χ4n) is 1.79. The van der Waals surface area contributed by atoms with Crippen LogP contribution in [0.4, 0.5) is 5.69 Å². The van der Waals surface area contributed by atoms with Crippen molar-refractivity contribution in [2.45, 2.75) is 13.0 Å². The number of hydrogen-bond acceptors (Lipinski definition) is 3. The Labute approximate surface area is 90.3 Å². The van der Waals surface area contributed by atoms with E-state index in [1.54, 1.807) is 6.92 Å². The predicted molar refractivity (Wildman–Crippen MR) is 60.1 cm³/mol. The topological polar surface area (TPSA) is 32.7 Å². The third-order valence-electron chi connectivity index (χ3n) is 2.75. The average Bonchev–Trinajstić information content (AvgIpc) is 2.30. The van der Waals surface area contributed by atoms with Crippen molar-refractivity contribution in [2.75, 3.05) is 31.2 Å². The van der Waals surface area contributed by atoms with Crippen molar-refractivity contribution in [3.05, 3.63) is 29.8 Å². The van der Waals surface area contributed by atoms with Gasteiger partial charge in [0.1, 0.15) is 0 Å². The lowest BCUT2D eigenvalue weighted by Gasteiger charge is -2.29. The summed E-state index contributed by atoms with van der Waals surface area (Å²) in [6.07, 6.45) is -0.385. The quantitative estimate of drug-likeness (QED) is 0.799. The molecule has 1 aliphatic heterocycles. The van der Waals surface area contributed by atoms with Gasteiger partial charge in [0.2, 0.25) is 0 Å². The molecule has 1 heterocycles. The van der Waals surface area contributed by atoms with Gasteiger partial charge >= 0.3 is 0 Å². The maximum atomic E-state index is 9.39. The van der Waals surface area contributed by atoms with Crippen molar-refractivity contribution in [1.29, 1.82) is 0 Å². The van der Waals surface area contributed by atoms with Crippen molar-refractivity contribution >= 4 is 5.69 Å². The summed E-state index contributed by atoms with van der Waals surface area (Å²) in [7, 11) is 0. The minimum absolute atomic E-state index is 0.385. The maximum Gasteiger partial charge on any atom is 0.0761 e. The van der Waals surface area contributed by atoms with Gasteiger partial charge in [0.15, 0.2) is 0 Å². The van der Waals surface area contributed by atoms with E-state index >= 15 is 0 Å². The summed E-state index contributed by atoms with van der Waals surface area (Å²) in [5, 5.41) is 9.39. The van der Waals surface area contributed by atoms with E-state index in [4.69, 9.17) is 4.74 Å². The van der Waals surface area contributed by atoms with E-state index in [1.807, 2.05) is 12.1 Å². The van der Waals surface area contributed by atoms with Gasteiger partial charge in [0, 0.05) is 18.8 Å². The normalized spacial score (nSPS) is 18.9. The monoisotopic (exact) mass is 207 g/mol. The molecule has 1 saturated heterocycles. The second-order valence-corrected chi connectivity index (χ2v) is 3.87. The van der Waals surface area contributed by atoms with Crippen LogP contribution in [0, 0.1) is 0 Å². The van der Waals surface area contributed by atoms with E-state index in [2.05, 4.69) is 17.0 Å². The maximum absolute atomic E-state index is 9.39. The van der Waals surface area contributed by atoms with E-state index < -0.39 is 0 Å². The van der Waals surface area contributed by atoms with Crippen LogP contribution in [0.5, 0.6) is 0 Å². The van der Waals surface area contributed by atoms with Gasteiger partial charge in [-0.2, -0.15) is 0 Å². The molecule has 0 spiro atoms. The first-order chi connectivity index (χ1) is 7.27. The summed E-state index contributed by atoms with van der Waals surface area (Å²) in [6, 6.07) is 8.09. The van der Waals surface area contributed by atoms with E-state index in [-0.39, 0.29) is 6.10 Å². The molecule has 1 N–H and O–H groups in total. The van der Waals surface area contributed by atoms with Crippen LogP contribution < -0.4 is 4.90 Å². The number of benzene rings is 1. The molecule has 3 nitrogen and oxygen atoms in total. The molecule has 3 heteroatoms. The summed E-state index contributed by atoms with van der Waals surface area (Å²) in [5.41, 5.74) is 2.18. The Morgan fingerprint density at radius 2 is 1.80 bits per heavy atom. The Bertz CT molecular complexity index is 302. The fraction of sp³-hybridized carbons (Fsp3) is 0.500. The number of aliphatic hydroxyl groups excluding tert-OH is 1. The SMILES string of the molecule is C[C@H](O)c1ccc(N2CCOCC2)cc1. The molecule has 0 aromatic heterocycles. The molecular weight excluding hydrogens is 190 g/mol. The summed E-state index contributed by atoms with van der Waals surface area (Å²) < 4.78 is 5.30. The zero-order chi connectivity index (χ0) is 10.7. The summed E-state index contributed by atoms with van der Waals surface area (Å²) in [6.45, 7) is 5.29. The number of nitrogens with zero attached hydrogens (tertiary/aromatic N) is 1. The van der Waals surface area contributed by atoms with E-state index in [0.717, 1.165) is 31.9 Å². The molecule has 15 heavy (non-hydrogen) atoms. The Morgan fingerprint density at radius 3 is 2.33 bits per heavy atom. The Hall–Kier alpha value is -1.06. The fourth-order valence-corrected chi connectivity index (χ4v) is 1.79. The van der Waals surface area contributed by atoms with Crippen LogP contribution in [0.3, 0.4) is 0 Å². The number of ether oxygens (including phenoxy) is 1. The zero-order valence-corrected chi connectivity index (χ0v) is 9.02. The Morgan fingerprint density at radius 1 is 1.20 bits per heavy atom. The third kappa shape index (κ3) is 2.49. The first-order valence-corrected chi connectivity index (χ1v) is 5.38. The van der Waals surface area contributed by atoms with Gasteiger partial charge in [-0.25, -0.2) is 0 Å². The molecule has 0 radical (unpaired) electrons. The highest BCUT2D eigenvalue weighted by atomic mass is 16.5. The Balaban J connectivity index is 2.08. The highest BCUT2D eigenvalue weighted by Gasteiger charge is 2.11. The van der Waals surface area contributed by atoms with Gasteiger partial charge in [-0.3, -0.25) is 0 Å². The van der Waals surface area contributed by atoms with Gasteiger partial charge in [-0.1, -0.05) is 12.1 Å². The van der Waals surface area contributed by atoms with Crippen molar-refractivity contribution in [1.82, 2.24) is 0 Å². The molecule has 2 rings (SSSR count). The van der Waals surface area contributed by atoms with Gasteiger partial charge in [0.25, 0.3) is 0 Å². The second-order valence-electron chi connectivity index (χ2n) is 3.87. The standard InChI is InChI=1S/C12H17NO2/c1-10(14)11-2-4-12(5-3-11)13-6-8-15-9-7-13/h2-5,10,14H,6-9H2,1H3/t10-/m0/s1. The number of anilines is 1. The first-order valence-electron chi connectivity index (χ1n) is 5.38. The smallest absolute Gasteiger partial charge is 0.0761 e. The van der Waals surface area contributed by atoms with E-state index in [1.165, 1.54) is 5.69 Å². The van der Waals surface area contributed by atoms with Crippen LogP contribution in [-0.4, -0.2) is 31.4 Å². The molecular formula is C12H17NO2. The average molecular weight is 207 g/mol.